The van der Waals surface area contributed by atoms with Crippen molar-refractivity contribution in [3.8, 4) is 5.75 Å². The number of hydrogen-bond acceptors (Lipinski definition) is 7. The molecule has 2 unspecified atom stereocenters. The van der Waals surface area contributed by atoms with E-state index in [0.29, 0.717) is 6.61 Å². The summed E-state index contributed by atoms with van der Waals surface area (Å²) in [6, 6.07) is 5.19. The quantitative estimate of drug-likeness (QED) is 0.150. The molecule has 1 aliphatic rings. The first kappa shape index (κ1) is 23.1. The van der Waals surface area contributed by atoms with E-state index in [-0.39, 0.29) is 24.1 Å². The van der Waals surface area contributed by atoms with Crippen LogP contribution in [0.3, 0.4) is 0 Å². The molecular formula is C21H31NO7. The van der Waals surface area contributed by atoms with Crippen molar-refractivity contribution in [1.82, 2.24) is 0 Å². The summed E-state index contributed by atoms with van der Waals surface area (Å²) in [7, 11) is 0. The molecule has 2 atom stereocenters. The van der Waals surface area contributed by atoms with Crippen molar-refractivity contribution in [3.63, 3.8) is 0 Å². The number of carbonyl (C=O) groups excluding carboxylic acids is 1. The smallest absolute Gasteiger partial charge is 0.431 e. The van der Waals surface area contributed by atoms with Gasteiger partial charge in [0.1, 0.15) is 18.5 Å². The van der Waals surface area contributed by atoms with Crippen LogP contribution in [0.4, 0.5) is 10.5 Å². The molecule has 2 rings (SSSR count). The van der Waals surface area contributed by atoms with E-state index in [1.807, 2.05) is 6.92 Å². The summed E-state index contributed by atoms with van der Waals surface area (Å²) in [6.07, 6.45) is 8.16. The van der Waals surface area contributed by atoms with E-state index in [4.69, 9.17) is 18.9 Å². The van der Waals surface area contributed by atoms with Crippen LogP contribution in [-0.4, -0.2) is 36.2 Å². The normalized spacial score (nSPS) is 21.1. The molecule has 0 saturated carbocycles. The molecule has 0 spiro atoms. The Labute approximate surface area is 171 Å². The number of nitro benzene ring substituents is 1. The molecule has 0 aliphatic carbocycles. The maximum atomic E-state index is 11.8. The molecule has 0 radical (unpaired) electrons. The number of non-ortho nitro benzene ring substituents is 1. The summed E-state index contributed by atoms with van der Waals surface area (Å²) in [5, 5.41) is 10.6. The van der Waals surface area contributed by atoms with Gasteiger partial charge in [-0.15, -0.1) is 0 Å². The average molecular weight is 409 g/mol. The minimum atomic E-state index is -0.886. The number of rotatable bonds is 12. The second-order valence-electron chi connectivity index (χ2n) is 7.47. The minimum Gasteiger partial charge on any atom is -0.431 e. The van der Waals surface area contributed by atoms with Gasteiger partial charge in [0.2, 0.25) is 0 Å². The predicted octanol–water partition coefficient (Wildman–Crippen LogP) is 5.38. The van der Waals surface area contributed by atoms with E-state index in [1.165, 1.54) is 56.4 Å². The van der Waals surface area contributed by atoms with Gasteiger partial charge < -0.3 is 18.9 Å². The Hall–Kier alpha value is -2.19. The summed E-state index contributed by atoms with van der Waals surface area (Å²) in [5.74, 6) is -0.465. The lowest BCUT2D eigenvalue weighted by Gasteiger charge is -2.23. The maximum Gasteiger partial charge on any atom is 0.513 e. The Kier molecular flexibility index (Phi) is 9.34. The van der Waals surface area contributed by atoms with Crippen LogP contribution in [0.5, 0.6) is 5.75 Å². The Balaban J connectivity index is 1.62. The van der Waals surface area contributed by atoms with Gasteiger partial charge in [-0.3, -0.25) is 10.1 Å². The van der Waals surface area contributed by atoms with Gasteiger partial charge >= 0.3 is 6.16 Å². The van der Waals surface area contributed by atoms with E-state index in [2.05, 4.69) is 6.92 Å². The number of unbranched alkanes of at least 4 members (excludes halogenated alkanes) is 6. The Bertz CT molecular complexity index is 649. The Morgan fingerprint density at radius 2 is 1.83 bits per heavy atom. The van der Waals surface area contributed by atoms with Gasteiger partial charge in [-0.25, -0.2) is 4.79 Å². The molecule has 162 valence electrons. The predicted molar refractivity (Wildman–Crippen MR) is 107 cm³/mol. The molecule has 0 N–H and O–H groups in total. The fourth-order valence-corrected chi connectivity index (χ4v) is 3.23. The topological polar surface area (TPSA) is 97.1 Å². The van der Waals surface area contributed by atoms with Crippen molar-refractivity contribution in [1.29, 1.82) is 0 Å². The number of ether oxygens (including phenoxy) is 4. The highest BCUT2D eigenvalue weighted by atomic mass is 16.8. The van der Waals surface area contributed by atoms with Gasteiger partial charge in [0.15, 0.2) is 5.79 Å². The van der Waals surface area contributed by atoms with Gasteiger partial charge in [-0.1, -0.05) is 45.4 Å². The van der Waals surface area contributed by atoms with Crippen molar-refractivity contribution in [2.24, 2.45) is 0 Å². The summed E-state index contributed by atoms with van der Waals surface area (Å²) >= 11 is 0. The molecule has 29 heavy (non-hydrogen) atoms. The molecular weight excluding hydrogens is 378 g/mol. The molecule has 0 aromatic heterocycles. The highest BCUT2D eigenvalue weighted by Gasteiger charge is 2.37. The standard InChI is InChI=1S/C21H31NO7/c1-3-4-5-6-7-8-9-14-21(2)27-16-19(29-21)15-26-20(23)28-18-12-10-17(11-13-18)22(24)25/h10-13,19H,3-9,14-16H2,1-2H3. The fourth-order valence-electron chi connectivity index (χ4n) is 3.23. The molecule has 1 fully saturated rings. The molecule has 0 bridgehead atoms. The fraction of sp³-hybridized carbons (Fsp3) is 0.667. The number of nitro groups is 1. The number of hydrogen-bond donors (Lipinski definition) is 0. The van der Waals surface area contributed by atoms with Crippen LogP contribution in [0.2, 0.25) is 0 Å². The van der Waals surface area contributed by atoms with E-state index in [1.54, 1.807) is 0 Å². The second kappa shape index (κ2) is 11.7. The van der Waals surface area contributed by atoms with E-state index in [9.17, 15) is 14.9 Å². The summed E-state index contributed by atoms with van der Waals surface area (Å²) in [6.45, 7) is 4.51. The molecule has 1 aliphatic heterocycles. The zero-order valence-corrected chi connectivity index (χ0v) is 17.3. The largest absolute Gasteiger partial charge is 0.513 e. The molecule has 1 heterocycles. The maximum absolute atomic E-state index is 11.8. The zero-order valence-electron chi connectivity index (χ0n) is 17.3. The van der Waals surface area contributed by atoms with Gasteiger partial charge in [0.25, 0.3) is 5.69 Å². The van der Waals surface area contributed by atoms with Gasteiger partial charge in [0, 0.05) is 18.6 Å². The van der Waals surface area contributed by atoms with Crippen LogP contribution in [0.1, 0.15) is 65.2 Å². The third-order valence-electron chi connectivity index (χ3n) is 4.86. The number of nitrogens with zero attached hydrogens (tertiary/aromatic N) is 1. The summed E-state index contributed by atoms with van der Waals surface area (Å²) in [4.78, 5) is 21.9. The van der Waals surface area contributed by atoms with Gasteiger partial charge in [-0.05, 0) is 25.5 Å². The van der Waals surface area contributed by atoms with Crippen molar-refractivity contribution in [2.45, 2.75) is 77.1 Å². The Morgan fingerprint density at radius 3 is 2.48 bits per heavy atom. The molecule has 1 saturated heterocycles. The highest BCUT2D eigenvalue weighted by molar-refractivity contribution is 5.64. The molecule has 0 amide bonds. The van der Waals surface area contributed by atoms with Crippen molar-refractivity contribution in [3.05, 3.63) is 34.4 Å². The highest BCUT2D eigenvalue weighted by Crippen LogP contribution is 2.29. The molecule has 1 aromatic carbocycles. The van der Waals surface area contributed by atoms with Crippen LogP contribution in [-0.2, 0) is 14.2 Å². The SMILES string of the molecule is CCCCCCCCCC1(C)OCC(COC(=O)Oc2ccc([N+](=O)[O-])cc2)O1. The molecule has 8 heteroatoms. The van der Waals surface area contributed by atoms with E-state index in [0.717, 1.165) is 19.3 Å². The average Bonchev–Trinajstić information content (AvgIpc) is 3.07. The lowest BCUT2D eigenvalue weighted by atomic mass is 10.1. The van der Waals surface area contributed by atoms with Gasteiger partial charge in [0.05, 0.1) is 11.5 Å². The van der Waals surface area contributed by atoms with E-state index < -0.39 is 16.9 Å². The number of benzene rings is 1. The molecule has 1 aromatic rings. The first-order valence-electron chi connectivity index (χ1n) is 10.3. The minimum absolute atomic E-state index is 0.0262. The lowest BCUT2D eigenvalue weighted by molar-refractivity contribution is -0.384. The van der Waals surface area contributed by atoms with E-state index >= 15 is 0 Å². The lowest BCUT2D eigenvalue weighted by Crippen LogP contribution is -2.28. The second-order valence-corrected chi connectivity index (χ2v) is 7.47. The third kappa shape index (κ3) is 8.37. The number of carbonyl (C=O) groups is 1. The van der Waals surface area contributed by atoms with Crippen LogP contribution >= 0.6 is 0 Å². The zero-order chi connectivity index (χ0) is 21.1. The summed E-state index contributed by atoms with van der Waals surface area (Å²) in [5.41, 5.74) is -0.0810. The van der Waals surface area contributed by atoms with Crippen LogP contribution in [0, 0.1) is 10.1 Å². The van der Waals surface area contributed by atoms with Crippen LogP contribution in [0.25, 0.3) is 0 Å². The monoisotopic (exact) mass is 409 g/mol. The van der Waals surface area contributed by atoms with Crippen LogP contribution < -0.4 is 4.74 Å². The van der Waals surface area contributed by atoms with Gasteiger partial charge in [-0.2, -0.15) is 0 Å². The molecule has 8 nitrogen and oxygen atoms in total. The van der Waals surface area contributed by atoms with Crippen molar-refractivity contribution >= 4 is 11.8 Å². The summed E-state index contributed by atoms with van der Waals surface area (Å²) < 4.78 is 21.8. The third-order valence-corrected chi connectivity index (χ3v) is 4.86. The first-order valence-corrected chi connectivity index (χ1v) is 10.3. The van der Waals surface area contributed by atoms with Crippen molar-refractivity contribution in [2.75, 3.05) is 13.2 Å². The first-order chi connectivity index (χ1) is 13.9. The van der Waals surface area contributed by atoms with Crippen molar-refractivity contribution < 1.29 is 28.7 Å². The van der Waals surface area contributed by atoms with Crippen LogP contribution in [0.15, 0.2) is 24.3 Å². The Morgan fingerprint density at radius 1 is 1.17 bits per heavy atom.